The summed E-state index contributed by atoms with van der Waals surface area (Å²) in [7, 11) is 0. The second-order valence-electron chi connectivity index (χ2n) is 2.14. The van der Waals surface area contributed by atoms with Crippen molar-refractivity contribution in [2.75, 3.05) is 0 Å². The Hall–Kier alpha value is -1.94. The number of hydrogen-bond acceptors (Lipinski definition) is 2. The molecule has 1 heterocycles. The molecule has 0 saturated heterocycles. The van der Waals surface area contributed by atoms with Crippen LogP contribution in [0.5, 0.6) is 0 Å². The van der Waals surface area contributed by atoms with Crippen LogP contribution in [-0.2, 0) is 0 Å². The van der Waals surface area contributed by atoms with Gasteiger partial charge in [0, 0.05) is 17.7 Å². The van der Waals surface area contributed by atoms with Crippen molar-refractivity contribution in [1.82, 2.24) is 4.98 Å². The molecule has 1 rings (SSSR count). The summed E-state index contributed by atoms with van der Waals surface area (Å²) >= 11 is 0. The maximum absolute atomic E-state index is 12.5. The van der Waals surface area contributed by atoms with Gasteiger partial charge in [0.1, 0.15) is 0 Å². The minimum absolute atomic E-state index is 0.0333. The van der Waals surface area contributed by atoms with Crippen LogP contribution in [0.25, 0.3) is 0 Å². The average Bonchev–Trinajstić information content (AvgIpc) is 2.03. The quantitative estimate of drug-likeness (QED) is 0.447. The highest BCUT2D eigenvalue weighted by molar-refractivity contribution is 5.33. The molecule has 4 heteroatoms. The maximum Gasteiger partial charge on any atom is 0.216 e. The fraction of sp³-hybridized carbons (Fsp3) is 0.111. The van der Waals surface area contributed by atoms with Gasteiger partial charge in [-0.1, -0.05) is 11.8 Å². The molecule has 0 fully saturated rings. The van der Waals surface area contributed by atoms with Gasteiger partial charge in [-0.25, -0.2) is 0 Å². The van der Waals surface area contributed by atoms with E-state index in [1.807, 2.05) is 0 Å². The van der Waals surface area contributed by atoms with Crippen LogP contribution in [0.4, 0.5) is 8.78 Å². The van der Waals surface area contributed by atoms with Crippen molar-refractivity contribution < 1.29 is 8.78 Å². The third-order valence-corrected chi connectivity index (χ3v) is 1.16. The number of aromatic nitrogens is 1. The van der Waals surface area contributed by atoms with E-state index in [0.717, 1.165) is 12.1 Å². The van der Waals surface area contributed by atoms with Gasteiger partial charge in [0.15, 0.2) is 0 Å². The molecule has 64 valence electrons. The summed E-state index contributed by atoms with van der Waals surface area (Å²) in [5, 5.41) is 8.14. The Kier molecular flexibility index (Phi) is 2.94. The molecule has 0 unspecified atom stereocenters. The molecule has 0 bridgehead atoms. The first-order valence-electron chi connectivity index (χ1n) is 3.41. The van der Waals surface area contributed by atoms with E-state index in [-0.39, 0.29) is 12.0 Å². The summed E-state index contributed by atoms with van der Waals surface area (Å²) in [4.78, 5) is 2.90. The van der Waals surface area contributed by atoms with Crippen molar-refractivity contribution in [3.8, 4) is 17.9 Å². The second-order valence-corrected chi connectivity index (χ2v) is 2.14. The first kappa shape index (κ1) is 9.15. The van der Waals surface area contributed by atoms with Gasteiger partial charge >= 0.3 is 0 Å². The highest BCUT2D eigenvalue weighted by atomic mass is 19.1. The van der Waals surface area contributed by atoms with Crippen molar-refractivity contribution >= 4 is 0 Å². The average molecular weight is 178 g/mol. The van der Waals surface area contributed by atoms with Gasteiger partial charge in [0.25, 0.3) is 0 Å². The summed E-state index contributed by atoms with van der Waals surface area (Å²) in [5.74, 6) is 3.04. The zero-order chi connectivity index (χ0) is 9.68. The summed E-state index contributed by atoms with van der Waals surface area (Å²) in [6.45, 7) is 0. The number of pyridine rings is 1. The van der Waals surface area contributed by atoms with Gasteiger partial charge in [0.2, 0.25) is 11.9 Å². The van der Waals surface area contributed by atoms with Crippen molar-refractivity contribution in [2.45, 2.75) is 6.42 Å². The van der Waals surface area contributed by atoms with E-state index in [1.54, 1.807) is 6.07 Å². The molecule has 13 heavy (non-hydrogen) atoms. The van der Waals surface area contributed by atoms with E-state index >= 15 is 0 Å². The molecule has 0 amide bonds. The number of hydrogen-bond donors (Lipinski definition) is 0. The molecule has 1 aromatic heterocycles. The Balaban J connectivity index is 2.92. The molecular weight excluding hydrogens is 174 g/mol. The van der Waals surface area contributed by atoms with E-state index < -0.39 is 11.9 Å². The van der Waals surface area contributed by atoms with Gasteiger partial charge in [-0.2, -0.15) is 19.0 Å². The molecule has 0 saturated carbocycles. The number of rotatable bonds is 0. The molecule has 0 aromatic carbocycles. The van der Waals surface area contributed by atoms with E-state index in [2.05, 4.69) is 16.8 Å². The van der Waals surface area contributed by atoms with Gasteiger partial charge in [-0.15, -0.1) is 0 Å². The van der Waals surface area contributed by atoms with Crippen LogP contribution in [0.2, 0.25) is 0 Å². The van der Waals surface area contributed by atoms with Gasteiger partial charge in [-0.05, 0) is 0 Å². The summed E-state index contributed by atoms with van der Waals surface area (Å²) in [6.07, 6.45) is 0.0333. The predicted molar refractivity (Wildman–Crippen MR) is 41.3 cm³/mol. The number of halogens is 2. The summed E-state index contributed by atoms with van der Waals surface area (Å²) in [5.41, 5.74) is 0.181. The molecule has 0 aliphatic carbocycles. The molecule has 1 aromatic rings. The molecule has 0 radical (unpaired) electrons. The van der Waals surface area contributed by atoms with Crippen molar-refractivity contribution in [3.63, 3.8) is 0 Å². The smallest absolute Gasteiger partial charge is 0.197 e. The first-order chi connectivity index (χ1) is 6.22. The highest BCUT2D eigenvalue weighted by Crippen LogP contribution is 2.02. The Bertz CT molecular complexity index is 390. The van der Waals surface area contributed by atoms with E-state index in [9.17, 15) is 8.78 Å². The van der Waals surface area contributed by atoms with Gasteiger partial charge in [-0.3, -0.25) is 0 Å². The Morgan fingerprint density at radius 2 is 1.92 bits per heavy atom. The third-order valence-electron chi connectivity index (χ3n) is 1.16. The van der Waals surface area contributed by atoms with Crippen molar-refractivity contribution in [3.05, 3.63) is 29.6 Å². The zero-order valence-electron chi connectivity index (χ0n) is 6.51. The molecular formula is C9H4F2N2. The highest BCUT2D eigenvalue weighted by Gasteiger charge is 1.98. The maximum atomic E-state index is 12.5. The second kappa shape index (κ2) is 4.18. The van der Waals surface area contributed by atoms with Crippen LogP contribution in [-0.4, -0.2) is 4.98 Å². The van der Waals surface area contributed by atoms with Crippen molar-refractivity contribution in [1.29, 1.82) is 5.26 Å². The van der Waals surface area contributed by atoms with Crippen LogP contribution in [0.1, 0.15) is 12.0 Å². The monoisotopic (exact) mass is 178 g/mol. The zero-order valence-corrected chi connectivity index (χ0v) is 6.51. The SMILES string of the molecule is N#CCC#Cc1cc(F)nc(F)c1. The van der Waals surface area contributed by atoms with Crippen LogP contribution < -0.4 is 0 Å². The predicted octanol–water partition coefficient (Wildman–Crippen LogP) is 1.62. The molecule has 0 aliphatic rings. The Labute approximate surface area is 73.8 Å². The lowest BCUT2D eigenvalue weighted by molar-refractivity contribution is 0.512. The largest absolute Gasteiger partial charge is 0.216 e. The van der Waals surface area contributed by atoms with Gasteiger partial charge < -0.3 is 0 Å². The minimum Gasteiger partial charge on any atom is -0.197 e. The summed E-state index contributed by atoms with van der Waals surface area (Å²) < 4.78 is 24.9. The molecule has 0 N–H and O–H groups in total. The van der Waals surface area contributed by atoms with E-state index in [4.69, 9.17) is 5.26 Å². The molecule has 0 atom stereocenters. The minimum atomic E-state index is -0.916. The van der Waals surface area contributed by atoms with Crippen molar-refractivity contribution in [2.24, 2.45) is 0 Å². The lowest BCUT2D eigenvalue weighted by Crippen LogP contribution is -1.89. The topological polar surface area (TPSA) is 36.7 Å². The van der Waals surface area contributed by atoms with E-state index in [1.165, 1.54) is 0 Å². The first-order valence-corrected chi connectivity index (χ1v) is 3.41. The normalized spacial score (nSPS) is 8.38. The molecule has 0 aliphatic heterocycles. The fourth-order valence-corrected chi connectivity index (χ4v) is 0.723. The number of nitrogens with zero attached hydrogens (tertiary/aromatic N) is 2. The van der Waals surface area contributed by atoms with Crippen LogP contribution in [0.3, 0.4) is 0 Å². The molecule has 0 spiro atoms. The lowest BCUT2D eigenvalue weighted by atomic mass is 10.2. The molecule has 2 nitrogen and oxygen atoms in total. The lowest BCUT2D eigenvalue weighted by Gasteiger charge is -1.90. The number of nitriles is 1. The Morgan fingerprint density at radius 3 is 2.46 bits per heavy atom. The van der Waals surface area contributed by atoms with E-state index in [0.29, 0.717) is 0 Å². The van der Waals surface area contributed by atoms with Crippen LogP contribution in [0.15, 0.2) is 12.1 Å². The summed E-state index contributed by atoms with van der Waals surface area (Å²) in [6, 6.07) is 3.81. The van der Waals surface area contributed by atoms with Gasteiger partial charge in [0.05, 0.1) is 12.5 Å². The Morgan fingerprint density at radius 1 is 1.31 bits per heavy atom. The standard InChI is InChI=1S/C9H4F2N2/c10-8-5-7(3-1-2-4-12)6-9(11)13-8/h5-6H,2H2. The third kappa shape index (κ3) is 2.88. The van der Waals surface area contributed by atoms with Crippen LogP contribution >= 0.6 is 0 Å². The fourth-order valence-electron chi connectivity index (χ4n) is 0.723. The van der Waals surface area contributed by atoms with Crippen LogP contribution in [0, 0.1) is 35.1 Å².